The average molecular weight is 309 g/mol. The molecular formula is C15H21BrN2. The van der Waals surface area contributed by atoms with Crippen LogP contribution in [0.5, 0.6) is 0 Å². The monoisotopic (exact) mass is 308 g/mol. The molecular weight excluding hydrogens is 288 g/mol. The van der Waals surface area contributed by atoms with Crippen molar-refractivity contribution in [3.63, 3.8) is 0 Å². The molecule has 0 radical (unpaired) electrons. The van der Waals surface area contributed by atoms with Crippen LogP contribution in [0.25, 0.3) is 0 Å². The zero-order chi connectivity index (χ0) is 12.4. The van der Waals surface area contributed by atoms with Gasteiger partial charge in [-0.05, 0) is 40.9 Å². The smallest absolute Gasteiger partial charge is 0.0511 e. The van der Waals surface area contributed by atoms with Crippen LogP contribution in [0.4, 0.5) is 5.69 Å². The molecule has 1 heterocycles. The van der Waals surface area contributed by atoms with E-state index in [2.05, 4.69) is 50.4 Å². The molecule has 2 fully saturated rings. The summed E-state index contributed by atoms with van der Waals surface area (Å²) < 4.78 is 1.22. The SMILES string of the molecule is Brc1ccccc1N1CCNC2(CCCCC2)C1. The second kappa shape index (κ2) is 5.22. The Labute approximate surface area is 118 Å². The number of halogens is 1. The minimum Gasteiger partial charge on any atom is -0.367 e. The molecule has 0 aromatic heterocycles. The van der Waals surface area contributed by atoms with Crippen LogP contribution in [0.3, 0.4) is 0 Å². The van der Waals surface area contributed by atoms with Gasteiger partial charge in [0.15, 0.2) is 0 Å². The molecule has 1 aromatic rings. The summed E-state index contributed by atoms with van der Waals surface area (Å²) in [4.78, 5) is 2.55. The maximum absolute atomic E-state index is 3.80. The zero-order valence-corrected chi connectivity index (χ0v) is 12.4. The third-order valence-electron chi connectivity index (χ3n) is 4.38. The number of nitrogens with one attached hydrogen (secondary N) is 1. The molecule has 0 atom stereocenters. The lowest BCUT2D eigenvalue weighted by molar-refractivity contribution is 0.216. The first kappa shape index (κ1) is 12.5. The number of nitrogens with zero attached hydrogens (tertiary/aromatic N) is 1. The quantitative estimate of drug-likeness (QED) is 0.853. The van der Waals surface area contributed by atoms with Crippen molar-refractivity contribution in [3.8, 4) is 0 Å². The first-order chi connectivity index (χ1) is 8.79. The number of hydrogen-bond acceptors (Lipinski definition) is 2. The van der Waals surface area contributed by atoms with E-state index >= 15 is 0 Å². The summed E-state index contributed by atoms with van der Waals surface area (Å²) in [6.45, 7) is 3.39. The van der Waals surface area contributed by atoms with Gasteiger partial charge in [0.25, 0.3) is 0 Å². The van der Waals surface area contributed by atoms with Gasteiger partial charge in [0.05, 0.1) is 5.69 Å². The van der Waals surface area contributed by atoms with Crippen LogP contribution >= 0.6 is 15.9 Å². The average Bonchev–Trinajstić information content (AvgIpc) is 2.40. The van der Waals surface area contributed by atoms with Crippen LogP contribution in [0.15, 0.2) is 28.7 Å². The van der Waals surface area contributed by atoms with E-state index in [0.717, 1.165) is 19.6 Å². The fourth-order valence-corrected chi connectivity index (χ4v) is 3.97. The predicted molar refractivity (Wildman–Crippen MR) is 80.2 cm³/mol. The van der Waals surface area contributed by atoms with E-state index in [9.17, 15) is 0 Å². The molecule has 1 saturated heterocycles. The molecule has 1 saturated carbocycles. The van der Waals surface area contributed by atoms with E-state index < -0.39 is 0 Å². The van der Waals surface area contributed by atoms with Gasteiger partial charge in [-0.15, -0.1) is 0 Å². The van der Waals surface area contributed by atoms with Crippen LogP contribution in [0, 0.1) is 0 Å². The van der Waals surface area contributed by atoms with Gasteiger partial charge in [-0.1, -0.05) is 31.4 Å². The van der Waals surface area contributed by atoms with E-state index in [4.69, 9.17) is 0 Å². The van der Waals surface area contributed by atoms with Gasteiger partial charge in [0.1, 0.15) is 0 Å². The van der Waals surface area contributed by atoms with Crippen LogP contribution < -0.4 is 10.2 Å². The molecule has 0 bridgehead atoms. The largest absolute Gasteiger partial charge is 0.367 e. The predicted octanol–water partition coefficient (Wildman–Crippen LogP) is 3.56. The maximum Gasteiger partial charge on any atom is 0.0511 e. The lowest BCUT2D eigenvalue weighted by Gasteiger charge is -2.47. The van der Waals surface area contributed by atoms with E-state index in [1.165, 1.54) is 42.3 Å². The summed E-state index contributed by atoms with van der Waals surface area (Å²) >= 11 is 3.68. The molecule has 2 nitrogen and oxygen atoms in total. The Balaban J connectivity index is 1.80. The van der Waals surface area contributed by atoms with Gasteiger partial charge < -0.3 is 10.2 Å². The lowest BCUT2D eigenvalue weighted by atomic mass is 9.80. The summed E-state index contributed by atoms with van der Waals surface area (Å²) in [5.74, 6) is 0. The number of para-hydroxylation sites is 1. The molecule has 2 aliphatic rings. The van der Waals surface area contributed by atoms with Crippen LogP contribution in [0.2, 0.25) is 0 Å². The number of piperazine rings is 1. The standard InChI is InChI=1S/C15H21BrN2/c16-13-6-2-3-7-14(13)18-11-10-17-15(12-18)8-4-1-5-9-15/h2-3,6-7,17H,1,4-5,8-12H2. The van der Waals surface area contributed by atoms with Gasteiger partial charge in [0.2, 0.25) is 0 Å². The Morgan fingerprint density at radius 1 is 1.11 bits per heavy atom. The highest BCUT2D eigenvalue weighted by atomic mass is 79.9. The molecule has 1 aliphatic heterocycles. The Bertz CT molecular complexity index is 407. The molecule has 1 aromatic carbocycles. The third-order valence-corrected chi connectivity index (χ3v) is 5.05. The van der Waals surface area contributed by atoms with Gasteiger partial charge in [-0.2, -0.15) is 0 Å². The molecule has 0 amide bonds. The molecule has 1 N–H and O–H groups in total. The van der Waals surface area contributed by atoms with Crippen LogP contribution in [-0.4, -0.2) is 25.2 Å². The molecule has 3 heteroatoms. The second-order valence-electron chi connectivity index (χ2n) is 5.64. The minimum atomic E-state index is 0.381. The fraction of sp³-hybridized carbons (Fsp3) is 0.600. The fourth-order valence-electron chi connectivity index (χ4n) is 3.43. The Morgan fingerprint density at radius 2 is 1.89 bits per heavy atom. The van der Waals surface area contributed by atoms with E-state index in [0.29, 0.717) is 5.54 Å². The van der Waals surface area contributed by atoms with Crippen molar-refractivity contribution in [2.75, 3.05) is 24.5 Å². The minimum absolute atomic E-state index is 0.381. The Kier molecular flexibility index (Phi) is 3.62. The molecule has 98 valence electrons. The number of benzene rings is 1. The van der Waals surface area contributed by atoms with Crippen molar-refractivity contribution in [3.05, 3.63) is 28.7 Å². The number of rotatable bonds is 1. The molecule has 18 heavy (non-hydrogen) atoms. The van der Waals surface area contributed by atoms with Gasteiger partial charge in [-0.3, -0.25) is 0 Å². The molecule has 0 unspecified atom stereocenters. The van der Waals surface area contributed by atoms with Crippen molar-refractivity contribution in [1.29, 1.82) is 0 Å². The van der Waals surface area contributed by atoms with E-state index in [1.54, 1.807) is 0 Å². The number of hydrogen-bond donors (Lipinski definition) is 1. The first-order valence-corrected chi connectivity index (χ1v) is 7.83. The first-order valence-electron chi connectivity index (χ1n) is 7.04. The van der Waals surface area contributed by atoms with Crippen molar-refractivity contribution in [1.82, 2.24) is 5.32 Å². The third kappa shape index (κ3) is 2.43. The lowest BCUT2D eigenvalue weighted by Crippen LogP contribution is -2.61. The summed E-state index contributed by atoms with van der Waals surface area (Å²) in [6.07, 6.45) is 6.87. The van der Waals surface area contributed by atoms with Crippen LogP contribution in [-0.2, 0) is 0 Å². The topological polar surface area (TPSA) is 15.3 Å². The summed E-state index contributed by atoms with van der Waals surface area (Å²) in [7, 11) is 0. The zero-order valence-electron chi connectivity index (χ0n) is 10.8. The van der Waals surface area contributed by atoms with Gasteiger partial charge >= 0.3 is 0 Å². The summed E-state index contributed by atoms with van der Waals surface area (Å²) in [6, 6.07) is 8.60. The van der Waals surface area contributed by atoms with Crippen LogP contribution in [0.1, 0.15) is 32.1 Å². The van der Waals surface area contributed by atoms with Crippen molar-refractivity contribution >= 4 is 21.6 Å². The Hall–Kier alpha value is -0.540. The van der Waals surface area contributed by atoms with Gasteiger partial charge in [0, 0.05) is 29.6 Å². The highest BCUT2D eigenvalue weighted by molar-refractivity contribution is 9.10. The van der Waals surface area contributed by atoms with Gasteiger partial charge in [-0.25, -0.2) is 0 Å². The van der Waals surface area contributed by atoms with E-state index in [-0.39, 0.29) is 0 Å². The Morgan fingerprint density at radius 3 is 2.67 bits per heavy atom. The molecule has 3 rings (SSSR count). The van der Waals surface area contributed by atoms with Crippen molar-refractivity contribution in [2.45, 2.75) is 37.6 Å². The van der Waals surface area contributed by atoms with Crippen molar-refractivity contribution < 1.29 is 0 Å². The second-order valence-corrected chi connectivity index (χ2v) is 6.50. The molecule has 1 aliphatic carbocycles. The summed E-state index contributed by atoms with van der Waals surface area (Å²) in [5.41, 5.74) is 1.73. The number of anilines is 1. The van der Waals surface area contributed by atoms with E-state index in [1.807, 2.05) is 0 Å². The highest BCUT2D eigenvalue weighted by Crippen LogP contribution is 2.34. The maximum atomic E-state index is 3.80. The van der Waals surface area contributed by atoms with Crippen molar-refractivity contribution in [2.24, 2.45) is 0 Å². The molecule has 1 spiro atoms. The highest BCUT2D eigenvalue weighted by Gasteiger charge is 2.36. The normalized spacial score (nSPS) is 23.3. The summed E-state index contributed by atoms with van der Waals surface area (Å²) in [5, 5.41) is 3.80.